The molecule has 0 amide bonds. The number of aromatic nitrogens is 3. The van der Waals surface area contributed by atoms with Gasteiger partial charge in [0, 0.05) is 22.9 Å². The van der Waals surface area contributed by atoms with Crippen LogP contribution in [-0.4, -0.2) is 53.0 Å². The molecule has 5 aromatic rings. The summed E-state index contributed by atoms with van der Waals surface area (Å²) in [5.74, 6) is 1.06. The van der Waals surface area contributed by atoms with E-state index in [0.717, 1.165) is 10.2 Å². The molecule has 2 N–H and O–H groups in total. The van der Waals surface area contributed by atoms with Gasteiger partial charge in [0.1, 0.15) is 34.7 Å². The van der Waals surface area contributed by atoms with Gasteiger partial charge < -0.3 is 24.3 Å². The smallest absolute Gasteiger partial charge is 0.291 e. The van der Waals surface area contributed by atoms with Crippen LogP contribution in [0.25, 0.3) is 22.2 Å². The molecule has 218 valence electrons. The lowest BCUT2D eigenvalue weighted by atomic mass is 9.96. The Morgan fingerprint density at radius 3 is 2.25 bits per heavy atom. The van der Waals surface area contributed by atoms with Crippen LogP contribution in [0.3, 0.4) is 0 Å². The third-order valence-electron chi connectivity index (χ3n) is 6.73. The van der Waals surface area contributed by atoms with Crippen LogP contribution < -0.4 is 19.8 Å². The van der Waals surface area contributed by atoms with Gasteiger partial charge in [0.25, 0.3) is 5.56 Å². The maximum Gasteiger partial charge on any atom is 0.291 e. The zero-order valence-electron chi connectivity index (χ0n) is 24.1. The predicted octanol–water partition coefficient (Wildman–Crippen LogP) is 4.89. The van der Waals surface area contributed by atoms with Crippen molar-refractivity contribution < 1.29 is 19.3 Å². The second-order valence-corrected chi connectivity index (χ2v) is 9.31. The molecule has 12 nitrogen and oxygen atoms in total. The molecule has 0 radical (unpaired) electrons. The van der Waals surface area contributed by atoms with Crippen LogP contribution in [0.15, 0.2) is 75.6 Å². The minimum Gasteiger partial charge on any atom is -0.507 e. The van der Waals surface area contributed by atoms with Gasteiger partial charge in [-0.2, -0.15) is 20.3 Å². The van der Waals surface area contributed by atoms with Gasteiger partial charge in [-0.3, -0.25) is 4.79 Å². The Bertz CT molecular complexity index is 2050. The van der Waals surface area contributed by atoms with Crippen molar-refractivity contribution in [1.29, 1.82) is 10.5 Å². The molecule has 0 saturated carbocycles. The SMILES string of the molecule is COc1cc(C=Nc2c(C#N)c(-c3ccccc3O)c(C#N)c(=O)n2/N=C(\C)c2nc3ccccc3[nH]2)cc(OC)c1OC. The molecule has 44 heavy (non-hydrogen) atoms. The van der Waals surface area contributed by atoms with E-state index >= 15 is 0 Å². The number of H-pyrrole nitrogens is 1. The highest BCUT2D eigenvalue weighted by Gasteiger charge is 2.25. The number of aromatic amines is 1. The Morgan fingerprint density at radius 2 is 1.64 bits per heavy atom. The second-order valence-electron chi connectivity index (χ2n) is 9.31. The summed E-state index contributed by atoms with van der Waals surface area (Å²) in [5, 5.41) is 35.6. The number of nitrogens with zero attached hydrogens (tertiary/aromatic N) is 6. The number of ether oxygens (including phenoxy) is 3. The number of phenolic OH excluding ortho intramolecular Hbond substituents is 1. The van der Waals surface area contributed by atoms with Crippen molar-refractivity contribution in [3.05, 3.63) is 93.5 Å². The number of rotatable bonds is 8. The number of para-hydroxylation sites is 3. The van der Waals surface area contributed by atoms with Crippen LogP contribution >= 0.6 is 0 Å². The van der Waals surface area contributed by atoms with Gasteiger partial charge >= 0.3 is 0 Å². The fraction of sp³-hybridized carbons (Fsp3) is 0.125. The van der Waals surface area contributed by atoms with Crippen molar-refractivity contribution in [2.75, 3.05) is 21.3 Å². The highest BCUT2D eigenvalue weighted by molar-refractivity contribution is 5.98. The standard InChI is InChI=1S/C32H25N7O5/c1-18(30-36-23-10-6-7-11-24(23)37-30)38-39-31(35-17-19-13-26(42-2)29(44-4)27(14-19)43-3)21(15-33)28(22(16-34)32(39)41)20-9-5-8-12-25(20)40/h5-14,17,40H,1-4H3,(H,36,37)/b35-17?,38-18+. The van der Waals surface area contributed by atoms with Crippen molar-refractivity contribution >= 4 is 28.8 Å². The Hall–Kier alpha value is -6.40. The molecule has 0 unspecified atom stereocenters. The monoisotopic (exact) mass is 587 g/mol. The van der Waals surface area contributed by atoms with Gasteiger partial charge in [0.2, 0.25) is 5.75 Å². The van der Waals surface area contributed by atoms with E-state index in [0.29, 0.717) is 34.2 Å². The number of nitriles is 2. The summed E-state index contributed by atoms with van der Waals surface area (Å²) < 4.78 is 17.2. The Balaban J connectivity index is 1.81. The number of hydrogen-bond donors (Lipinski definition) is 2. The van der Waals surface area contributed by atoms with E-state index in [1.54, 1.807) is 31.2 Å². The Kier molecular flexibility index (Phi) is 8.09. The maximum atomic E-state index is 13.9. The number of imidazole rings is 1. The molecular formula is C32H25N7O5. The topological polar surface area (TPSA) is 171 Å². The van der Waals surface area contributed by atoms with E-state index in [9.17, 15) is 20.4 Å². The number of aromatic hydroxyl groups is 1. The van der Waals surface area contributed by atoms with Crippen LogP contribution in [0.2, 0.25) is 0 Å². The highest BCUT2D eigenvalue weighted by atomic mass is 16.5. The number of methoxy groups -OCH3 is 3. The van der Waals surface area contributed by atoms with Crippen LogP contribution in [-0.2, 0) is 0 Å². The van der Waals surface area contributed by atoms with Gasteiger partial charge in [-0.15, -0.1) is 0 Å². The van der Waals surface area contributed by atoms with Gasteiger partial charge in [0.15, 0.2) is 23.1 Å². The minimum atomic E-state index is -0.850. The molecule has 0 saturated heterocycles. The number of pyridine rings is 1. The highest BCUT2D eigenvalue weighted by Crippen LogP contribution is 2.39. The first-order valence-electron chi connectivity index (χ1n) is 13.1. The lowest BCUT2D eigenvalue weighted by molar-refractivity contribution is 0.324. The number of fused-ring (bicyclic) bond motifs is 1. The quantitative estimate of drug-likeness (QED) is 0.242. The molecule has 0 aliphatic carbocycles. The summed E-state index contributed by atoms with van der Waals surface area (Å²) >= 11 is 0. The zero-order valence-corrected chi connectivity index (χ0v) is 24.1. The van der Waals surface area contributed by atoms with E-state index in [4.69, 9.17) is 14.2 Å². The Labute approximate surface area is 251 Å². The molecule has 0 spiro atoms. The maximum absolute atomic E-state index is 13.9. The normalized spacial score (nSPS) is 11.4. The van der Waals surface area contributed by atoms with E-state index in [1.165, 1.54) is 39.7 Å². The number of benzene rings is 3. The Morgan fingerprint density at radius 1 is 0.977 bits per heavy atom. The molecule has 3 aromatic carbocycles. The average Bonchev–Trinajstić information content (AvgIpc) is 3.49. The summed E-state index contributed by atoms with van der Waals surface area (Å²) in [4.78, 5) is 26.1. The fourth-order valence-electron chi connectivity index (χ4n) is 4.66. The number of nitrogens with one attached hydrogen (secondary N) is 1. The van der Waals surface area contributed by atoms with Gasteiger partial charge in [-0.1, -0.05) is 30.3 Å². The number of aliphatic imine (C=N–C) groups is 1. The van der Waals surface area contributed by atoms with Gasteiger partial charge in [-0.25, -0.2) is 9.98 Å². The van der Waals surface area contributed by atoms with Crippen LogP contribution in [0, 0.1) is 22.7 Å². The van der Waals surface area contributed by atoms with Crippen molar-refractivity contribution in [3.8, 4) is 46.3 Å². The third-order valence-corrected chi connectivity index (χ3v) is 6.73. The average molecular weight is 588 g/mol. The first-order valence-corrected chi connectivity index (χ1v) is 13.1. The summed E-state index contributed by atoms with van der Waals surface area (Å²) in [6.07, 6.45) is 1.39. The van der Waals surface area contributed by atoms with Crippen molar-refractivity contribution in [2.24, 2.45) is 10.1 Å². The van der Waals surface area contributed by atoms with Gasteiger partial charge in [0.05, 0.1) is 32.4 Å². The molecule has 5 rings (SSSR count). The summed E-state index contributed by atoms with van der Waals surface area (Å²) in [6, 6.07) is 20.7. The molecule has 0 aliphatic rings. The largest absolute Gasteiger partial charge is 0.507 e. The third kappa shape index (κ3) is 5.19. The molecular weight excluding hydrogens is 562 g/mol. The molecule has 12 heteroatoms. The van der Waals surface area contributed by atoms with Crippen LogP contribution in [0.5, 0.6) is 23.0 Å². The van der Waals surface area contributed by atoms with E-state index in [1.807, 2.05) is 30.3 Å². The van der Waals surface area contributed by atoms with E-state index in [-0.39, 0.29) is 34.0 Å². The molecule has 2 aromatic heterocycles. The van der Waals surface area contributed by atoms with Gasteiger partial charge in [-0.05, 0) is 37.3 Å². The number of phenols is 1. The molecule has 0 aliphatic heterocycles. The second kappa shape index (κ2) is 12.2. The van der Waals surface area contributed by atoms with Crippen molar-refractivity contribution in [3.63, 3.8) is 0 Å². The summed E-state index contributed by atoms with van der Waals surface area (Å²) in [5.41, 5.74) is 0.867. The minimum absolute atomic E-state index is 0.0667. The number of hydrogen-bond acceptors (Lipinski definition) is 10. The first kappa shape index (κ1) is 29.1. The molecule has 0 atom stereocenters. The molecule has 2 heterocycles. The van der Waals surface area contributed by atoms with E-state index in [2.05, 4.69) is 26.1 Å². The van der Waals surface area contributed by atoms with Crippen LogP contribution in [0.1, 0.15) is 29.4 Å². The molecule has 0 fully saturated rings. The predicted molar refractivity (Wildman–Crippen MR) is 164 cm³/mol. The first-order chi connectivity index (χ1) is 21.3. The van der Waals surface area contributed by atoms with Crippen molar-refractivity contribution in [2.45, 2.75) is 6.92 Å². The zero-order chi connectivity index (χ0) is 31.4. The van der Waals surface area contributed by atoms with E-state index < -0.39 is 11.1 Å². The van der Waals surface area contributed by atoms with Crippen LogP contribution in [0.4, 0.5) is 5.82 Å². The fourth-order valence-corrected chi connectivity index (χ4v) is 4.66. The summed E-state index contributed by atoms with van der Waals surface area (Å²) in [7, 11) is 4.42. The lowest BCUT2D eigenvalue weighted by Gasteiger charge is -2.15. The summed E-state index contributed by atoms with van der Waals surface area (Å²) in [6.45, 7) is 1.63. The van der Waals surface area contributed by atoms with Crippen molar-refractivity contribution in [1.82, 2.24) is 14.6 Å². The molecule has 0 bridgehead atoms. The lowest BCUT2D eigenvalue weighted by Crippen LogP contribution is -2.23.